The third kappa shape index (κ3) is 3.55. The lowest BCUT2D eigenvalue weighted by molar-refractivity contribution is -0.703. The standard InChI is InChI=1S/C25H22N2O7/c1-14-15(2)27(31)25(26(14)11-16-7-8-21-22(9-16)34-13-33-21)18(10-23(28)29)19-12-32-20-6-4-3-5-17(20)24(19)30/h3-9,12,18H,10-11,13H2,1-2H3,(H-,28,29,31)/p+1. The third-order valence-electron chi connectivity index (χ3n) is 6.29. The van der Waals surface area contributed by atoms with Gasteiger partial charge in [-0.1, -0.05) is 18.2 Å². The number of rotatable bonds is 6. The van der Waals surface area contributed by atoms with Gasteiger partial charge in [-0.2, -0.15) is 0 Å². The first-order chi connectivity index (χ1) is 16.3. The van der Waals surface area contributed by atoms with E-state index >= 15 is 0 Å². The summed E-state index contributed by atoms with van der Waals surface area (Å²) in [4.78, 5) is 25.2. The lowest BCUT2D eigenvalue weighted by Crippen LogP contribution is -2.43. The average molecular weight is 463 g/mol. The summed E-state index contributed by atoms with van der Waals surface area (Å²) in [6.07, 6.45) is 0.883. The average Bonchev–Trinajstić information content (AvgIpc) is 3.37. The van der Waals surface area contributed by atoms with Crippen LogP contribution in [-0.4, -0.2) is 27.8 Å². The lowest BCUT2D eigenvalue weighted by Gasteiger charge is -2.13. The highest BCUT2D eigenvalue weighted by molar-refractivity contribution is 5.77. The molecule has 0 bridgehead atoms. The van der Waals surface area contributed by atoms with E-state index in [1.54, 1.807) is 31.2 Å². The molecule has 0 fully saturated rings. The number of carbonyl (C=O) groups is 1. The molecule has 3 heterocycles. The van der Waals surface area contributed by atoms with Crippen molar-refractivity contribution in [2.24, 2.45) is 0 Å². The van der Waals surface area contributed by atoms with Crippen LogP contribution in [0.1, 0.15) is 40.7 Å². The summed E-state index contributed by atoms with van der Waals surface area (Å²) in [7, 11) is 0. The Kier molecular flexibility index (Phi) is 5.24. The topological polar surface area (TPSA) is 115 Å². The van der Waals surface area contributed by atoms with Gasteiger partial charge in [0.25, 0.3) is 0 Å². The van der Waals surface area contributed by atoms with Gasteiger partial charge in [-0.05, 0) is 34.6 Å². The van der Waals surface area contributed by atoms with Gasteiger partial charge in [-0.15, -0.1) is 0 Å². The van der Waals surface area contributed by atoms with E-state index in [9.17, 15) is 19.9 Å². The fraction of sp³-hybridized carbons (Fsp3) is 0.240. The highest BCUT2D eigenvalue weighted by atomic mass is 16.7. The molecule has 9 heteroatoms. The second kappa shape index (κ2) is 8.26. The quantitative estimate of drug-likeness (QED) is 0.333. The van der Waals surface area contributed by atoms with Crippen LogP contribution < -0.4 is 19.5 Å². The van der Waals surface area contributed by atoms with E-state index in [2.05, 4.69) is 0 Å². The Labute approximate surface area is 194 Å². The molecule has 1 aliphatic rings. The first-order valence-corrected chi connectivity index (χ1v) is 10.8. The maximum atomic E-state index is 13.3. The summed E-state index contributed by atoms with van der Waals surface area (Å²) < 4.78 is 19.3. The Hall–Kier alpha value is -4.27. The molecule has 5 rings (SSSR count). The predicted octanol–water partition coefficient (Wildman–Crippen LogP) is 3.12. The van der Waals surface area contributed by atoms with E-state index in [4.69, 9.17) is 13.9 Å². The van der Waals surface area contributed by atoms with Gasteiger partial charge in [-0.3, -0.25) is 9.59 Å². The van der Waals surface area contributed by atoms with Crippen LogP contribution in [0.5, 0.6) is 11.5 Å². The van der Waals surface area contributed by atoms with Crippen LogP contribution in [0.2, 0.25) is 0 Å². The summed E-state index contributed by atoms with van der Waals surface area (Å²) in [6.45, 7) is 4.04. The van der Waals surface area contributed by atoms with E-state index in [1.165, 1.54) is 6.26 Å². The molecule has 0 radical (unpaired) electrons. The van der Waals surface area contributed by atoms with Crippen LogP contribution in [0.4, 0.5) is 0 Å². The summed E-state index contributed by atoms with van der Waals surface area (Å²) in [6, 6.07) is 12.3. The van der Waals surface area contributed by atoms with Crippen molar-refractivity contribution in [1.29, 1.82) is 0 Å². The van der Waals surface area contributed by atoms with Crippen LogP contribution in [0.15, 0.2) is 57.9 Å². The van der Waals surface area contributed by atoms with Gasteiger partial charge in [0.1, 0.15) is 23.7 Å². The number of para-hydroxylation sites is 1. The van der Waals surface area contributed by atoms with Crippen molar-refractivity contribution in [3.05, 3.63) is 87.3 Å². The SMILES string of the molecule is Cc1c(C)[n+](Cc2ccc3c(c2)OCO3)c(C(CC(=O)O)c2coc3ccccc3c2=O)n1O. The highest BCUT2D eigenvalue weighted by Gasteiger charge is 2.37. The number of aromatic nitrogens is 2. The van der Waals surface area contributed by atoms with Crippen molar-refractivity contribution in [1.82, 2.24) is 4.73 Å². The lowest BCUT2D eigenvalue weighted by atomic mass is 9.94. The van der Waals surface area contributed by atoms with E-state index in [0.29, 0.717) is 34.7 Å². The van der Waals surface area contributed by atoms with Gasteiger partial charge < -0.3 is 24.2 Å². The molecule has 9 nitrogen and oxygen atoms in total. The molecule has 0 saturated carbocycles. The largest absolute Gasteiger partial charge is 0.481 e. The maximum Gasteiger partial charge on any atom is 0.305 e. The number of carboxylic acids is 1. The Morgan fingerprint density at radius 2 is 1.91 bits per heavy atom. The summed E-state index contributed by atoms with van der Waals surface area (Å²) in [5.74, 6) is -0.514. The number of ether oxygens (including phenoxy) is 2. The molecule has 34 heavy (non-hydrogen) atoms. The van der Waals surface area contributed by atoms with Crippen molar-refractivity contribution >= 4 is 16.9 Å². The molecule has 174 valence electrons. The number of fused-ring (bicyclic) bond motifs is 2. The number of hydrogen-bond donors (Lipinski definition) is 2. The molecule has 0 aliphatic carbocycles. The van der Waals surface area contributed by atoms with E-state index < -0.39 is 18.3 Å². The van der Waals surface area contributed by atoms with Crippen LogP contribution >= 0.6 is 0 Å². The van der Waals surface area contributed by atoms with Crippen LogP contribution in [0.25, 0.3) is 11.0 Å². The smallest absolute Gasteiger partial charge is 0.305 e. The molecular formula is C25H23N2O7+. The van der Waals surface area contributed by atoms with Gasteiger partial charge in [0.15, 0.2) is 22.6 Å². The highest BCUT2D eigenvalue weighted by Crippen LogP contribution is 2.33. The number of aliphatic carboxylic acids is 1. The van der Waals surface area contributed by atoms with Crippen molar-refractivity contribution in [2.75, 3.05) is 6.79 Å². The Balaban J connectivity index is 1.67. The molecular weight excluding hydrogens is 440 g/mol. The van der Waals surface area contributed by atoms with E-state index in [1.807, 2.05) is 29.7 Å². The first-order valence-electron chi connectivity index (χ1n) is 10.8. The van der Waals surface area contributed by atoms with Gasteiger partial charge in [-0.25, -0.2) is 4.57 Å². The van der Waals surface area contributed by atoms with Crippen molar-refractivity contribution in [3.8, 4) is 11.5 Å². The molecule has 1 atom stereocenters. The number of nitrogens with zero attached hydrogens (tertiary/aromatic N) is 2. The molecule has 0 amide bonds. The summed E-state index contributed by atoms with van der Waals surface area (Å²) in [5, 5.41) is 21.1. The zero-order chi connectivity index (χ0) is 24.0. The monoisotopic (exact) mass is 463 g/mol. The number of hydrogen-bond acceptors (Lipinski definition) is 6. The minimum Gasteiger partial charge on any atom is -0.481 e. The van der Waals surface area contributed by atoms with Crippen LogP contribution in [-0.2, 0) is 11.3 Å². The zero-order valence-electron chi connectivity index (χ0n) is 18.6. The molecule has 4 aromatic rings. The zero-order valence-corrected chi connectivity index (χ0v) is 18.6. The van der Waals surface area contributed by atoms with E-state index in [0.717, 1.165) is 16.0 Å². The Morgan fingerprint density at radius 3 is 2.71 bits per heavy atom. The predicted molar refractivity (Wildman–Crippen MR) is 120 cm³/mol. The van der Waals surface area contributed by atoms with Crippen LogP contribution in [0, 0.1) is 13.8 Å². The molecule has 2 aromatic carbocycles. The Bertz CT molecular complexity index is 1480. The normalized spacial score (nSPS) is 13.4. The fourth-order valence-electron chi connectivity index (χ4n) is 4.41. The Morgan fingerprint density at radius 1 is 1.15 bits per heavy atom. The van der Waals surface area contributed by atoms with Crippen molar-refractivity contribution in [2.45, 2.75) is 32.7 Å². The molecule has 0 saturated heterocycles. The van der Waals surface area contributed by atoms with E-state index in [-0.39, 0.29) is 23.6 Å². The second-order valence-electron chi connectivity index (χ2n) is 8.28. The van der Waals surface area contributed by atoms with Gasteiger partial charge in [0, 0.05) is 13.8 Å². The van der Waals surface area contributed by atoms with Gasteiger partial charge in [0.2, 0.25) is 6.79 Å². The third-order valence-corrected chi connectivity index (χ3v) is 6.29. The first kappa shape index (κ1) is 21.6. The van der Waals surface area contributed by atoms with Gasteiger partial charge in [0.05, 0.1) is 23.6 Å². The molecule has 1 unspecified atom stereocenters. The maximum absolute atomic E-state index is 13.3. The van der Waals surface area contributed by atoms with Crippen LogP contribution in [0.3, 0.4) is 0 Å². The van der Waals surface area contributed by atoms with Crippen molar-refractivity contribution in [3.63, 3.8) is 0 Å². The number of benzene rings is 2. The summed E-state index contributed by atoms with van der Waals surface area (Å²) >= 11 is 0. The van der Waals surface area contributed by atoms with Gasteiger partial charge >= 0.3 is 11.8 Å². The molecule has 0 spiro atoms. The molecule has 2 N–H and O–H groups in total. The second-order valence-corrected chi connectivity index (χ2v) is 8.28. The molecule has 1 aliphatic heterocycles. The molecule has 2 aromatic heterocycles. The summed E-state index contributed by atoms with van der Waals surface area (Å²) in [5.41, 5.74) is 2.37. The number of carboxylic acid groups (broad SMARTS) is 1. The number of imidazole rings is 1. The minimum atomic E-state index is -1.11. The fourth-order valence-corrected chi connectivity index (χ4v) is 4.41. The van der Waals surface area contributed by atoms with Crippen molar-refractivity contribution < 1.29 is 33.6 Å². The minimum absolute atomic E-state index is 0.154.